The minimum Gasteiger partial charge on any atom is -0.370 e. The van der Waals surface area contributed by atoms with E-state index in [4.69, 9.17) is 17.3 Å². The van der Waals surface area contributed by atoms with Gasteiger partial charge in [0.15, 0.2) is 0 Å². The van der Waals surface area contributed by atoms with Crippen LogP contribution in [0.15, 0.2) is 18.2 Å². The molecular formula is C15H20ClN3O. The monoisotopic (exact) mass is 293 g/mol. The van der Waals surface area contributed by atoms with Crippen molar-refractivity contribution in [1.82, 2.24) is 9.88 Å². The second-order valence-corrected chi connectivity index (χ2v) is 5.79. The molecule has 5 heteroatoms. The maximum atomic E-state index is 11.0. The molecule has 0 aliphatic rings. The van der Waals surface area contributed by atoms with Gasteiger partial charge in [-0.05, 0) is 44.7 Å². The molecule has 0 radical (unpaired) electrons. The number of aryl methyl sites for hydroxylation is 1. The summed E-state index contributed by atoms with van der Waals surface area (Å²) >= 11 is 6.04. The summed E-state index contributed by atoms with van der Waals surface area (Å²) in [4.78, 5) is 16.5. The van der Waals surface area contributed by atoms with Gasteiger partial charge in [0.2, 0.25) is 5.91 Å². The highest BCUT2D eigenvalue weighted by atomic mass is 35.5. The zero-order valence-corrected chi connectivity index (χ0v) is 12.8. The first-order valence-corrected chi connectivity index (χ1v) is 7.01. The highest BCUT2D eigenvalue weighted by molar-refractivity contribution is 6.31. The average Bonchev–Trinajstić information content (AvgIpc) is 2.66. The summed E-state index contributed by atoms with van der Waals surface area (Å²) in [6.07, 6.45) is 0.363. The molecule has 0 saturated carbocycles. The number of aromatic nitrogens is 1. The second-order valence-electron chi connectivity index (χ2n) is 5.35. The van der Waals surface area contributed by atoms with Gasteiger partial charge in [0.05, 0.1) is 0 Å². The van der Waals surface area contributed by atoms with Crippen molar-refractivity contribution in [1.29, 1.82) is 0 Å². The normalized spacial score (nSPS) is 13.1. The molecule has 0 aliphatic carbocycles. The van der Waals surface area contributed by atoms with Gasteiger partial charge in [0.25, 0.3) is 0 Å². The average molecular weight is 294 g/mol. The van der Waals surface area contributed by atoms with Crippen molar-refractivity contribution in [2.24, 2.45) is 5.73 Å². The van der Waals surface area contributed by atoms with E-state index in [9.17, 15) is 4.79 Å². The molecule has 0 aliphatic heterocycles. The van der Waals surface area contributed by atoms with Crippen LogP contribution in [0.25, 0.3) is 10.9 Å². The van der Waals surface area contributed by atoms with Crippen LogP contribution in [0.4, 0.5) is 0 Å². The van der Waals surface area contributed by atoms with Crippen LogP contribution in [-0.2, 0) is 11.3 Å². The summed E-state index contributed by atoms with van der Waals surface area (Å²) in [6.45, 7) is 4.82. The van der Waals surface area contributed by atoms with E-state index in [0.717, 1.165) is 28.2 Å². The minimum atomic E-state index is -0.274. The number of nitrogens with two attached hydrogens (primary N) is 1. The van der Waals surface area contributed by atoms with Crippen LogP contribution in [0, 0.1) is 6.92 Å². The van der Waals surface area contributed by atoms with Crippen LogP contribution in [0.1, 0.15) is 24.6 Å². The van der Waals surface area contributed by atoms with Crippen molar-refractivity contribution in [3.8, 4) is 0 Å². The fraction of sp³-hybridized carbons (Fsp3) is 0.400. The Labute approximate surface area is 123 Å². The predicted octanol–water partition coefficient (Wildman–Crippen LogP) is 2.83. The van der Waals surface area contributed by atoms with Gasteiger partial charge in [-0.25, -0.2) is 0 Å². The zero-order valence-electron chi connectivity index (χ0n) is 12.0. The van der Waals surface area contributed by atoms with Crippen LogP contribution in [-0.4, -0.2) is 28.9 Å². The Morgan fingerprint density at radius 1 is 1.50 bits per heavy atom. The summed E-state index contributed by atoms with van der Waals surface area (Å²) in [7, 11) is 1.99. The van der Waals surface area contributed by atoms with Crippen LogP contribution < -0.4 is 5.73 Å². The van der Waals surface area contributed by atoms with E-state index in [-0.39, 0.29) is 11.9 Å². The Morgan fingerprint density at radius 2 is 2.20 bits per heavy atom. The number of hydrogen-bond donors (Lipinski definition) is 2. The Kier molecular flexibility index (Phi) is 4.35. The molecule has 1 atom stereocenters. The highest BCUT2D eigenvalue weighted by Gasteiger charge is 2.15. The SMILES string of the molecule is Cc1c(CN(C)C(C)CC(N)=O)[nH]c2ccc(Cl)cc12. The Morgan fingerprint density at radius 3 is 2.85 bits per heavy atom. The number of amides is 1. The van der Waals surface area contributed by atoms with Gasteiger partial charge < -0.3 is 10.7 Å². The van der Waals surface area contributed by atoms with Gasteiger partial charge in [-0.1, -0.05) is 11.6 Å². The Bertz CT molecular complexity index is 635. The molecule has 0 saturated heterocycles. The first-order chi connectivity index (χ1) is 9.38. The molecule has 20 heavy (non-hydrogen) atoms. The quantitative estimate of drug-likeness (QED) is 0.890. The van der Waals surface area contributed by atoms with Gasteiger partial charge in [-0.3, -0.25) is 9.69 Å². The van der Waals surface area contributed by atoms with Gasteiger partial charge in [-0.15, -0.1) is 0 Å². The van der Waals surface area contributed by atoms with Crippen molar-refractivity contribution in [3.05, 3.63) is 34.5 Å². The second kappa shape index (κ2) is 5.85. The lowest BCUT2D eigenvalue weighted by molar-refractivity contribution is -0.119. The molecule has 3 N–H and O–H groups in total. The maximum Gasteiger partial charge on any atom is 0.218 e. The summed E-state index contributed by atoms with van der Waals surface area (Å²) in [6, 6.07) is 5.95. The molecule has 1 aromatic carbocycles. The summed E-state index contributed by atoms with van der Waals surface area (Å²) in [5, 5.41) is 1.88. The van der Waals surface area contributed by atoms with Gasteiger partial charge in [0.1, 0.15) is 0 Å². The number of nitrogens with one attached hydrogen (secondary N) is 1. The van der Waals surface area contributed by atoms with Crippen molar-refractivity contribution < 1.29 is 4.79 Å². The number of primary amides is 1. The number of benzene rings is 1. The highest BCUT2D eigenvalue weighted by Crippen LogP contribution is 2.25. The number of H-pyrrole nitrogens is 1. The molecule has 1 aromatic heterocycles. The fourth-order valence-corrected chi connectivity index (χ4v) is 2.54. The topological polar surface area (TPSA) is 62.1 Å². The smallest absolute Gasteiger partial charge is 0.218 e. The van der Waals surface area contributed by atoms with Crippen molar-refractivity contribution >= 4 is 28.4 Å². The Balaban J connectivity index is 2.21. The maximum absolute atomic E-state index is 11.0. The molecule has 0 spiro atoms. The third-order valence-corrected chi connectivity index (χ3v) is 4.02. The molecule has 1 unspecified atom stereocenters. The molecular weight excluding hydrogens is 274 g/mol. The largest absolute Gasteiger partial charge is 0.370 e. The van der Waals surface area contributed by atoms with Crippen LogP contribution in [0.3, 0.4) is 0 Å². The first kappa shape index (κ1) is 14.9. The number of hydrogen-bond acceptors (Lipinski definition) is 2. The van der Waals surface area contributed by atoms with E-state index in [0.29, 0.717) is 6.42 Å². The van der Waals surface area contributed by atoms with Crippen molar-refractivity contribution in [2.75, 3.05) is 7.05 Å². The molecule has 2 aromatic rings. The zero-order chi connectivity index (χ0) is 14.9. The lowest BCUT2D eigenvalue weighted by Crippen LogP contribution is -2.32. The number of rotatable bonds is 5. The summed E-state index contributed by atoms with van der Waals surface area (Å²) in [5.41, 5.74) is 8.66. The molecule has 2 rings (SSSR count). The van der Waals surface area contributed by atoms with Gasteiger partial charge >= 0.3 is 0 Å². The van der Waals surface area contributed by atoms with Gasteiger partial charge in [0, 0.05) is 40.6 Å². The van der Waals surface area contributed by atoms with Crippen LogP contribution >= 0.6 is 11.6 Å². The number of fused-ring (bicyclic) bond motifs is 1. The van der Waals surface area contributed by atoms with Crippen LogP contribution in [0.5, 0.6) is 0 Å². The molecule has 0 bridgehead atoms. The lowest BCUT2D eigenvalue weighted by atomic mass is 10.1. The minimum absolute atomic E-state index is 0.113. The number of aromatic amines is 1. The molecule has 1 heterocycles. The predicted molar refractivity (Wildman–Crippen MR) is 82.8 cm³/mol. The molecule has 108 valence electrons. The van der Waals surface area contributed by atoms with E-state index in [1.807, 2.05) is 32.2 Å². The van der Waals surface area contributed by atoms with E-state index >= 15 is 0 Å². The number of nitrogens with zero attached hydrogens (tertiary/aromatic N) is 1. The van der Waals surface area contributed by atoms with E-state index in [1.54, 1.807) is 0 Å². The van der Waals surface area contributed by atoms with E-state index in [1.165, 1.54) is 5.56 Å². The van der Waals surface area contributed by atoms with E-state index in [2.05, 4.69) is 16.8 Å². The summed E-state index contributed by atoms with van der Waals surface area (Å²) < 4.78 is 0. The van der Waals surface area contributed by atoms with E-state index < -0.39 is 0 Å². The fourth-order valence-electron chi connectivity index (χ4n) is 2.36. The first-order valence-electron chi connectivity index (χ1n) is 6.63. The van der Waals surface area contributed by atoms with Crippen LogP contribution in [0.2, 0.25) is 5.02 Å². The van der Waals surface area contributed by atoms with Crippen molar-refractivity contribution in [3.63, 3.8) is 0 Å². The molecule has 4 nitrogen and oxygen atoms in total. The standard InChI is InChI=1S/C15H20ClN3O/c1-9(6-15(17)20)19(3)8-14-10(2)12-7-11(16)4-5-13(12)18-14/h4-5,7,9,18H,6,8H2,1-3H3,(H2,17,20). The van der Waals surface area contributed by atoms with Gasteiger partial charge in [-0.2, -0.15) is 0 Å². The number of carbonyl (C=O) groups excluding carboxylic acids is 1. The van der Waals surface area contributed by atoms with Crippen molar-refractivity contribution in [2.45, 2.75) is 32.9 Å². The lowest BCUT2D eigenvalue weighted by Gasteiger charge is -2.23. The summed E-state index contributed by atoms with van der Waals surface area (Å²) in [5.74, 6) is -0.274. The third-order valence-electron chi connectivity index (χ3n) is 3.78. The molecule has 0 fully saturated rings. The number of halogens is 1. The number of carbonyl (C=O) groups is 1. The Hall–Kier alpha value is -1.52. The third kappa shape index (κ3) is 3.14. The molecule has 1 amide bonds.